The Kier molecular flexibility index (Phi) is 2.59. The second-order valence-electron chi connectivity index (χ2n) is 3.72. The number of rotatable bonds is 2. The quantitative estimate of drug-likeness (QED) is 0.754. The molecule has 2 unspecified atom stereocenters. The monoisotopic (exact) mass is 230 g/mol. The zero-order valence-corrected chi connectivity index (χ0v) is 8.14. The molecule has 2 atom stereocenters. The number of carbonyl (C=O) groups excluding carboxylic acids is 1. The van der Waals surface area contributed by atoms with E-state index in [1.807, 2.05) is 0 Å². The summed E-state index contributed by atoms with van der Waals surface area (Å²) < 4.78 is 38.5. The minimum absolute atomic E-state index is 0.228. The molecular formula is C10H9F3N2O. The molecule has 0 aliphatic heterocycles. The Morgan fingerprint density at radius 1 is 1.31 bits per heavy atom. The highest BCUT2D eigenvalue weighted by molar-refractivity contribution is 5.95. The van der Waals surface area contributed by atoms with Crippen LogP contribution in [-0.4, -0.2) is 11.9 Å². The van der Waals surface area contributed by atoms with Crippen molar-refractivity contribution in [2.75, 3.05) is 5.32 Å². The molecule has 0 aromatic heterocycles. The average molecular weight is 230 g/mol. The Morgan fingerprint density at radius 2 is 1.94 bits per heavy atom. The topological polar surface area (TPSA) is 55.1 Å². The summed E-state index contributed by atoms with van der Waals surface area (Å²) in [5.41, 5.74) is 5.05. The van der Waals surface area contributed by atoms with Crippen LogP contribution in [0.1, 0.15) is 6.42 Å². The molecule has 2 rings (SSSR count). The number of hydrogen-bond acceptors (Lipinski definition) is 2. The maximum absolute atomic E-state index is 13.1. The molecule has 0 radical (unpaired) electrons. The third-order valence-electron chi connectivity index (χ3n) is 2.47. The van der Waals surface area contributed by atoms with E-state index in [1.54, 1.807) is 0 Å². The van der Waals surface area contributed by atoms with Crippen LogP contribution in [0.4, 0.5) is 18.9 Å². The van der Waals surface area contributed by atoms with Gasteiger partial charge in [0.05, 0.1) is 11.6 Å². The normalized spacial score (nSPS) is 23.0. The number of nitrogens with two attached hydrogens (primary N) is 1. The third-order valence-corrected chi connectivity index (χ3v) is 2.47. The van der Waals surface area contributed by atoms with Crippen LogP contribution in [0.3, 0.4) is 0 Å². The predicted octanol–water partition coefficient (Wildman–Crippen LogP) is 1.39. The average Bonchev–Trinajstić information content (AvgIpc) is 2.96. The first-order valence-electron chi connectivity index (χ1n) is 4.70. The molecule has 86 valence electrons. The van der Waals surface area contributed by atoms with Crippen LogP contribution < -0.4 is 11.1 Å². The van der Waals surface area contributed by atoms with Gasteiger partial charge in [-0.3, -0.25) is 4.79 Å². The van der Waals surface area contributed by atoms with Gasteiger partial charge >= 0.3 is 0 Å². The molecule has 1 amide bonds. The van der Waals surface area contributed by atoms with Crippen LogP contribution >= 0.6 is 0 Å². The van der Waals surface area contributed by atoms with Crippen molar-refractivity contribution in [2.24, 2.45) is 11.7 Å². The first kappa shape index (κ1) is 10.9. The Hall–Kier alpha value is -1.56. The number of hydrogen-bond donors (Lipinski definition) is 2. The molecule has 1 aliphatic carbocycles. The zero-order chi connectivity index (χ0) is 11.9. The molecule has 16 heavy (non-hydrogen) atoms. The number of benzene rings is 1. The van der Waals surface area contributed by atoms with Gasteiger partial charge in [0, 0.05) is 6.04 Å². The zero-order valence-electron chi connectivity index (χ0n) is 8.14. The Morgan fingerprint density at radius 3 is 2.50 bits per heavy atom. The van der Waals surface area contributed by atoms with Crippen molar-refractivity contribution in [1.29, 1.82) is 0 Å². The molecule has 0 spiro atoms. The summed E-state index contributed by atoms with van der Waals surface area (Å²) >= 11 is 0. The van der Waals surface area contributed by atoms with Gasteiger partial charge in [-0.1, -0.05) is 0 Å². The molecule has 0 saturated heterocycles. The summed E-state index contributed by atoms with van der Waals surface area (Å²) in [5.74, 6) is -5.14. The minimum atomic E-state index is -1.60. The van der Waals surface area contributed by atoms with Gasteiger partial charge in [-0.25, -0.2) is 13.2 Å². The second kappa shape index (κ2) is 3.79. The van der Waals surface area contributed by atoms with Gasteiger partial charge in [-0.05, 0) is 18.6 Å². The molecule has 1 fully saturated rings. The maximum Gasteiger partial charge on any atom is 0.229 e. The summed E-state index contributed by atoms with van der Waals surface area (Å²) in [5, 5.41) is 2.17. The standard InChI is InChI=1S/C10H9F3N2O/c11-5-1-2-7(9(13)8(5)12)15-10(16)4-3-6(4)14/h1-2,4,6H,3,14H2,(H,15,16). The van der Waals surface area contributed by atoms with Crippen LogP contribution in [0.25, 0.3) is 0 Å². The van der Waals surface area contributed by atoms with Crippen molar-refractivity contribution in [3.8, 4) is 0 Å². The van der Waals surface area contributed by atoms with E-state index in [0.29, 0.717) is 6.42 Å². The van der Waals surface area contributed by atoms with E-state index >= 15 is 0 Å². The van der Waals surface area contributed by atoms with Crippen molar-refractivity contribution in [2.45, 2.75) is 12.5 Å². The number of amides is 1. The lowest BCUT2D eigenvalue weighted by atomic mass is 10.2. The van der Waals surface area contributed by atoms with Crippen molar-refractivity contribution in [3.05, 3.63) is 29.6 Å². The van der Waals surface area contributed by atoms with Gasteiger partial charge < -0.3 is 11.1 Å². The Labute approximate surface area is 89.4 Å². The summed E-state index contributed by atoms with van der Waals surface area (Å²) in [4.78, 5) is 11.4. The third kappa shape index (κ3) is 1.88. The fourth-order valence-corrected chi connectivity index (χ4v) is 1.36. The van der Waals surface area contributed by atoms with E-state index in [0.717, 1.165) is 12.1 Å². The van der Waals surface area contributed by atoms with E-state index in [1.165, 1.54) is 0 Å². The number of carbonyl (C=O) groups is 1. The molecule has 1 aliphatic rings. The molecule has 1 aromatic rings. The largest absolute Gasteiger partial charge is 0.327 e. The van der Waals surface area contributed by atoms with E-state index in [9.17, 15) is 18.0 Å². The predicted molar refractivity (Wildman–Crippen MR) is 51.0 cm³/mol. The summed E-state index contributed by atoms with van der Waals surface area (Å²) in [6.45, 7) is 0. The molecular weight excluding hydrogens is 221 g/mol. The molecule has 3 N–H and O–H groups in total. The van der Waals surface area contributed by atoms with Crippen LogP contribution in [0.15, 0.2) is 12.1 Å². The first-order chi connectivity index (χ1) is 7.50. The lowest BCUT2D eigenvalue weighted by molar-refractivity contribution is -0.117. The summed E-state index contributed by atoms with van der Waals surface area (Å²) in [6.07, 6.45) is 0.525. The van der Waals surface area contributed by atoms with Crippen LogP contribution in [0.5, 0.6) is 0 Å². The number of halogens is 3. The van der Waals surface area contributed by atoms with Crippen molar-refractivity contribution in [1.82, 2.24) is 0 Å². The van der Waals surface area contributed by atoms with E-state index in [2.05, 4.69) is 5.32 Å². The van der Waals surface area contributed by atoms with E-state index in [-0.39, 0.29) is 17.6 Å². The maximum atomic E-state index is 13.1. The van der Waals surface area contributed by atoms with Gasteiger partial charge in [0.1, 0.15) is 0 Å². The smallest absolute Gasteiger partial charge is 0.229 e. The highest BCUT2D eigenvalue weighted by Gasteiger charge is 2.40. The number of nitrogens with one attached hydrogen (secondary N) is 1. The van der Waals surface area contributed by atoms with Crippen molar-refractivity contribution in [3.63, 3.8) is 0 Å². The fourth-order valence-electron chi connectivity index (χ4n) is 1.36. The van der Waals surface area contributed by atoms with Gasteiger partial charge in [0.2, 0.25) is 5.91 Å². The minimum Gasteiger partial charge on any atom is -0.327 e. The lowest BCUT2D eigenvalue weighted by Crippen LogP contribution is -2.19. The molecule has 6 heteroatoms. The summed E-state index contributed by atoms with van der Waals surface area (Å²) in [7, 11) is 0. The first-order valence-corrected chi connectivity index (χ1v) is 4.70. The Bertz CT molecular complexity index is 450. The molecule has 1 saturated carbocycles. The van der Waals surface area contributed by atoms with Crippen molar-refractivity contribution < 1.29 is 18.0 Å². The highest BCUT2D eigenvalue weighted by atomic mass is 19.2. The summed E-state index contributed by atoms with van der Waals surface area (Å²) in [6, 6.07) is 1.49. The van der Waals surface area contributed by atoms with Crippen LogP contribution in [0, 0.1) is 23.4 Å². The second-order valence-corrected chi connectivity index (χ2v) is 3.72. The molecule has 0 bridgehead atoms. The molecule has 3 nitrogen and oxygen atoms in total. The SMILES string of the molecule is NC1CC1C(=O)Nc1ccc(F)c(F)c1F. The lowest BCUT2D eigenvalue weighted by Gasteiger charge is -2.06. The van der Waals surface area contributed by atoms with Gasteiger partial charge in [0.25, 0.3) is 0 Å². The van der Waals surface area contributed by atoms with E-state index < -0.39 is 23.4 Å². The number of anilines is 1. The van der Waals surface area contributed by atoms with Crippen LogP contribution in [0.2, 0.25) is 0 Å². The Balaban J connectivity index is 2.16. The van der Waals surface area contributed by atoms with Gasteiger partial charge in [-0.2, -0.15) is 0 Å². The fraction of sp³-hybridized carbons (Fsp3) is 0.300. The van der Waals surface area contributed by atoms with Crippen molar-refractivity contribution >= 4 is 11.6 Å². The molecule has 0 heterocycles. The van der Waals surface area contributed by atoms with Gasteiger partial charge in [-0.15, -0.1) is 0 Å². The van der Waals surface area contributed by atoms with Crippen LogP contribution in [-0.2, 0) is 4.79 Å². The highest BCUT2D eigenvalue weighted by Crippen LogP contribution is 2.30. The van der Waals surface area contributed by atoms with Gasteiger partial charge in [0.15, 0.2) is 17.5 Å². The molecule has 1 aromatic carbocycles. The van der Waals surface area contributed by atoms with E-state index in [4.69, 9.17) is 5.73 Å².